The number of ketones is 1. The van der Waals surface area contributed by atoms with Crippen molar-refractivity contribution in [3.8, 4) is 0 Å². The smallest absolute Gasteiger partial charge is 0.426 e. The lowest BCUT2D eigenvalue weighted by Crippen LogP contribution is -2.49. The molecule has 1 heterocycles. The van der Waals surface area contributed by atoms with Gasteiger partial charge in [-0.25, -0.2) is 4.79 Å². The quantitative estimate of drug-likeness (QED) is 0.720. The Morgan fingerprint density at radius 3 is 1.91 bits per heavy atom. The van der Waals surface area contributed by atoms with Crippen molar-refractivity contribution in [3.05, 3.63) is 0 Å². The lowest BCUT2D eigenvalue weighted by molar-refractivity contribution is -0.308. The van der Waals surface area contributed by atoms with Gasteiger partial charge in [0.2, 0.25) is 0 Å². The van der Waals surface area contributed by atoms with Crippen LogP contribution >= 0.6 is 0 Å². The van der Waals surface area contributed by atoms with Crippen LogP contribution < -0.4 is 0 Å². The van der Waals surface area contributed by atoms with Crippen molar-refractivity contribution in [1.82, 2.24) is 4.90 Å². The zero-order valence-electron chi connectivity index (χ0n) is 12.1. The van der Waals surface area contributed by atoms with E-state index in [2.05, 4.69) is 4.74 Å². The summed E-state index contributed by atoms with van der Waals surface area (Å²) >= 11 is 0. The highest BCUT2D eigenvalue weighted by atomic mass is 19.4. The number of hydrogen-bond donors (Lipinski definition) is 0. The predicted octanol–water partition coefficient (Wildman–Crippen LogP) is 3.31. The monoisotopic (exact) mass is 347 g/mol. The number of halogens is 6. The van der Waals surface area contributed by atoms with Crippen molar-refractivity contribution in [1.29, 1.82) is 0 Å². The summed E-state index contributed by atoms with van der Waals surface area (Å²) in [6.07, 6.45) is -15.8. The summed E-state index contributed by atoms with van der Waals surface area (Å²) in [4.78, 5) is 23.7. The summed E-state index contributed by atoms with van der Waals surface area (Å²) < 4.78 is 77.8. The number of amides is 1. The number of nitrogens with zero attached hydrogens (tertiary/aromatic N) is 1. The minimum atomic E-state index is -5.72. The zero-order chi connectivity index (χ0) is 17.6. The van der Waals surface area contributed by atoms with Crippen molar-refractivity contribution in [2.24, 2.45) is 11.3 Å². The number of hydrogen-bond acceptors (Lipinski definition) is 3. The molecular weight excluding hydrogens is 332 g/mol. The standard InChI is InChI=1S/C13H15F6NO3/c1-7(21)8-6-11(8)2-4-20(5-3-11)10(22)23-9(12(14,15)16)13(17,18)19/h8-9H,2-6H2,1H3/t8-/m1/s1. The molecule has 1 spiro atoms. The van der Waals surface area contributed by atoms with Crippen LogP contribution in [0.25, 0.3) is 0 Å². The number of rotatable bonds is 2. The molecule has 0 aromatic carbocycles. The van der Waals surface area contributed by atoms with Crippen LogP contribution in [0.3, 0.4) is 0 Å². The molecule has 0 radical (unpaired) electrons. The van der Waals surface area contributed by atoms with E-state index < -0.39 is 24.5 Å². The number of Topliss-reactive ketones (excluding diaryl/α,β-unsaturated/α-hetero) is 1. The number of carbonyl (C=O) groups is 2. The molecule has 0 unspecified atom stereocenters. The summed E-state index contributed by atoms with van der Waals surface area (Å²) in [5.41, 5.74) is -0.254. The first-order valence-corrected chi connectivity index (χ1v) is 6.96. The Morgan fingerprint density at radius 1 is 1.09 bits per heavy atom. The molecule has 10 heteroatoms. The second-order valence-corrected chi connectivity index (χ2v) is 6.06. The summed E-state index contributed by atoms with van der Waals surface area (Å²) in [6, 6.07) is 0. The van der Waals surface area contributed by atoms with E-state index in [-0.39, 0.29) is 30.2 Å². The molecule has 0 bridgehead atoms. The second kappa shape index (κ2) is 5.55. The third-order valence-corrected chi connectivity index (χ3v) is 4.51. The van der Waals surface area contributed by atoms with E-state index in [1.165, 1.54) is 6.92 Å². The lowest BCUT2D eigenvalue weighted by Gasteiger charge is -2.33. The van der Waals surface area contributed by atoms with E-state index >= 15 is 0 Å². The molecule has 23 heavy (non-hydrogen) atoms. The summed E-state index contributed by atoms with van der Waals surface area (Å²) in [5, 5.41) is 0. The minimum Gasteiger partial charge on any atom is -0.426 e. The largest absolute Gasteiger partial charge is 0.434 e. The molecule has 4 nitrogen and oxygen atoms in total. The highest BCUT2D eigenvalue weighted by Gasteiger charge is 2.61. The number of carbonyl (C=O) groups excluding carboxylic acids is 2. The van der Waals surface area contributed by atoms with Crippen LogP contribution in [-0.2, 0) is 9.53 Å². The Morgan fingerprint density at radius 2 is 1.57 bits per heavy atom. The van der Waals surface area contributed by atoms with Gasteiger partial charge in [0.25, 0.3) is 6.10 Å². The molecule has 0 N–H and O–H groups in total. The molecule has 1 amide bonds. The van der Waals surface area contributed by atoms with Crippen LogP contribution in [0.15, 0.2) is 0 Å². The number of ether oxygens (including phenoxy) is 1. The van der Waals surface area contributed by atoms with Crippen LogP contribution in [0.4, 0.5) is 31.1 Å². The molecular formula is C13H15F6NO3. The van der Waals surface area contributed by atoms with Crippen molar-refractivity contribution < 1.29 is 40.7 Å². The number of alkyl halides is 6. The third-order valence-electron chi connectivity index (χ3n) is 4.51. The van der Waals surface area contributed by atoms with Gasteiger partial charge in [-0.1, -0.05) is 0 Å². The van der Waals surface area contributed by atoms with Gasteiger partial charge in [-0.05, 0) is 31.6 Å². The van der Waals surface area contributed by atoms with E-state index in [1.54, 1.807) is 0 Å². The van der Waals surface area contributed by atoms with Crippen molar-refractivity contribution in [2.75, 3.05) is 13.1 Å². The molecule has 1 atom stereocenters. The van der Waals surface area contributed by atoms with Crippen LogP contribution in [0, 0.1) is 11.3 Å². The first-order valence-electron chi connectivity index (χ1n) is 6.96. The highest BCUT2D eigenvalue weighted by Crippen LogP contribution is 2.59. The molecule has 2 rings (SSSR count). The van der Waals surface area contributed by atoms with E-state index in [9.17, 15) is 35.9 Å². The molecule has 0 aromatic rings. The minimum absolute atomic E-state index is 0.00948. The Kier molecular flexibility index (Phi) is 4.31. The van der Waals surface area contributed by atoms with Gasteiger partial charge < -0.3 is 9.64 Å². The Labute approximate surface area is 127 Å². The predicted molar refractivity (Wildman–Crippen MR) is 64.4 cm³/mol. The van der Waals surface area contributed by atoms with Crippen molar-refractivity contribution in [3.63, 3.8) is 0 Å². The van der Waals surface area contributed by atoms with Gasteiger partial charge in [-0.3, -0.25) is 4.79 Å². The molecule has 1 aliphatic heterocycles. The number of piperidine rings is 1. The molecule has 132 valence electrons. The van der Waals surface area contributed by atoms with E-state index in [1.807, 2.05) is 0 Å². The SMILES string of the molecule is CC(=O)[C@H]1CC12CCN(C(=O)OC(C(F)(F)F)C(F)(F)F)CC2. The van der Waals surface area contributed by atoms with Gasteiger partial charge in [0.05, 0.1) is 0 Å². The third kappa shape index (κ3) is 3.72. The lowest BCUT2D eigenvalue weighted by atomic mass is 9.90. The van der Waals surface area contributed by atoms with Gasteiger partial charge >= 0.3 is 18.4 Å². The molecule has 1 aliphatic carbocycles. The Bertz CT molecular complexity index is 479. The molecule has 0 aromatic heterocycles. The van der Waals surface area contributed by atoms with Gasteiger partial charge in [0, 0.05) is 19.0 Å². The second-order valence-electron chi connectivity index (χ2n) is 6.06. The number of likely N-dealkylation sites (tertiary alicyclic amines) is 1. The normalized spacial score (nSPS) is 24.0. The van der Waals surface area contributed by atoms with Gasteiger partial charge in [0.1, 0.15) is 5.78 Å². The van der Waals surface area contributed by atoms with Crippen LogP contribution in [0.5, 0.6) is 0 Å². The first kappa shape index (κ1) is 17.9. The van der Waals surface area contributed by atoms with E-state index in [0.29, 0.717) is 19.3 Å². The van der Waals surface area contributed by atoms with Gasteiger partial charge in [-0.2, -0.15) is 26.3 Å². The average Bonchev–Trinajstić information content (AvgIpc) is 3.08. The van der Waals surface area contributed by atoms with Gasteiger partial charge in [0.15, 0.2) is 0 Å². The van der Waals surface area contributed by atoms with E-state index in [0.717, 1.165) is 4.90 Å². The maximum Gasteiger partial charge on any atom is 0.434 e. The fourth-order valence-electron chi connectivity index (χ4n) is 3.10. The summed E-state index contributed by atoms with van der Waals surface area (Å²) in [6.45, 7) is 1.40. The maximum absolute atomic E-state index is 12.4. The Balaban J connectivity index is 1.94. The fraction of sp³-hybridized carbons (Fsp3) is 0.846. The summed E-state index contributed by atoms with van der Waals surface area (Å²) in [5.74, 6) is -0.117. The van der Waals surface area contributed by atoms with Crippen LogP contribution in [0.1, 0.15) is 26.2 Å². The molecule has 2 aliphatic rings. The maximum atomic E-state index is 12.4. The average molecular weight is 347 g/mol. The van der Waals surface area contributed by atoms with Crippen molar-refractivity contribution >= 4 is 11.9 Å². The zero-order valence-corrected chi connectivity index (χ0v) is 12.1. The van der Waals surface area contributed by atoms with Crippen LogP contribution in [-0.4, -0.2) is 48.3 Å². The first-order chi connectivity index (χ1) is 10.4. The molecule has 2 fully saturated rings. The Hall–Kier alpha value is -1.48. The molecule has 1 saturated carbocycles. The highest BCUT2D eigenvalue weighted by molar-refractivity contribution is 5.82. The fourth-order valence-corrected chi connectivity index (χ4v) is 3.10. The topological polar surface area (TPSA) is 46.6 Å². The van der Waals surface area contributed by atoms with Crippen molar-refractivity contribution in [2.45, 2.75) is 44.6 Å². The van der Waals surface area contributed by atoms with Crippen LogP contribution in [0.2, 0.25) is 0 Å². The molecule has 1 saturated heterocycles. The van der Waals surface area contributed by atoms with E-state index in [4.69, 9.17) is 0 Å². The summed E-state index contributed by atoms with van der Waals surface area (Å²) in [7, 11) is 0. The van der Waals surface area contributed by atoms with Gasteiger partial charge in [-0.15, -0.1) is 0 Å².